The summed E-state index contributed by atoms with van der Waals surface area (Å²) in [7, 11) is 0. The number of rotatable bonds is 0. The molecule has 0 atom stereocenters. The summed E-state index contributed by atoms with van der Waals surface area (Å²) in [5.41, 5.74) is 10.9. The Morgan fingerprint density at radius 3 is 1.88 bits per heavy atom. The Bertz CT molecular complexity index is 838. The van der Waals surface area contributed by atoms with E-state index < -0.39 is 0 Å². The summed E-state index contributed by atoms with van der Waals surface area (Å²) in [6.45, 7) is 4.16. The van der Waals surface area contributed by atoms with Gasteiger partial charge in [0, 0.05) is 16.8 Å². The van der Waals surface area contributed by atoms with Crippen molar-refractivity contribution in [1.29, 1.82) is 0 Å². The molecule has 0 unspecified atom stereocenters. The molecule has 0 fully saturated rings. The first-order chi connectivity index (χ1) is 11.5. The molecule has 0 saturated heterocycles. The van der Waals surface area contributed by atoms with Gasteiger partial charge in [-0.25, -0.2) is 0 Å². The van der Waals surface area contributed by atoms with E-state index in [9.17, 15) is 0 Å². The minimum absolute atomic E-state index is 0.322. The van der Waals surface area contributed by atoms with Crippen molar-refractivity contribution in [2.75, 3.05) is 5.73 Å². The summed E-state index contributed by atoms with van der Waals surface area (Å²) in [6, 6.07) is 22.7. The van der Waals surface area contributed by atoms with Gasteiger partial charge >= 0.3 is 0 Å². The number of anilines is 1. The average molecular weight is 315 g/mol. The Hall–Kier alpha value is -3.18. The Balaban J connectivity index is 0.000000249. The number of aryl methyl sites for hydroxylation is 2. The smallest absolute Gasteiger partial charge is 0.115 e. The number of para-hydroxylation sites is 1. The fourth-order valence-corrected chi connectivity index (χ4v) is 2.24. The van der Waals surface area contributed by atoms with E-state index in [-0.39, 0.29) is 0 Å². The van der Waals surface area contributed by atoms with Crippen molar-refractivity contribution < 1.29 is 5.11 Å². The van der Waals surface area contributed by atoms with E-state index in [2.05, 4.69) is 43.9 Å². The van der Waals surface area contributed by atoms with Crippen LogP contribution < -0.4 is 5.73 Å². The van der Waals surface area contributed by atoms with Crippen molar-refractivity contribution >= 4 is 5.69 Å². The second kappa shape index (κ2) is 8.45. The molecule has 2 heteroatoms. The topological polar surface area (TPSA) is 46.2 Å². The Morgan fingerprint density at radius 2 is 1.33 bits per heavy atom. The SMILES string of the molecule is Cc1cc(C)cc(C#Cc2cccc(N)c2)c1.Oc1ccccc1. The fraction of sp³-hybridized carbons (Fsp3) is 0.0909. The van der Waals surface area contributed by atoms with Crippen molar-refractivity contribution in [2.45, 2.75) is 13.8 Å². The molecular weight excluding hydrogens is 294 g/mol. The molecule has 0 bridgehead atoms. The zero-order chi connectivity index (χ0) is 17.4. The Kier molecular flexibility index (Phi) is 6.05. The summed E-state index contributed by atoms with van der Waals surface area (Å²) in [5, 5.41) is 8.63. The lowest BCUT2D eigenvalue weighted by atomic mass is 10.1. The molecule has 3 aromatic carbocycles. The maximum Gasteiger partial charge on any atom is 0.115 e. The fourth-order valence-electron chi connectivity index (χ4n) is 2.24. The largest absolute Gasteiger partial charge is 0.508 e. The maximum absolute atomic E-state index is 8.63. The van der Waals surface area contributed by atoms with Crippen LogP contribution in [0, 0.1) is 25.7 Å². The van der Waals surface area contributed by atoms with Crippen LogP contribution in [0.15, 0.2) is 72.8 Å². The van der Waals surface area contributed by atoms with Gasteiger partial charge in [0.05, 0.1) is 0 Å². The Morgan fingerprint density at radius 1 is 0.708 bits per heavy atom. The number of aromatic hydroxyl groups is 1. The van der Waals surface area contributed by atoms with E-state index in [0.717, 1.165) is 16.8 Å². The van der Waals surface area contributed by atoms with Crippen LogP contribution in [0.5, 0.6) is 5.75 Å². The second-order valence-electron chi connectivity index (χ2n) is 5.59. The van der Waals surface area contributed by atoms with Gasteiger partial charge in [-0.1, -0.05) is 42.2 Å². The number of nitrogens with two attached hydrogens (primary N) is 1. The molecule has 0 aliphatic rings. The molecule has 24 heavy (non-hydrogen) atoms. The number of benzene rings is 3. The molecule has 3 aromatic rings. The second-order valence-corrected chi connectivity index (χ2v) is 5.59. The predicted molar refractivity (Wildman–Crippen MR) is 101 cm³/mol. The van der Waals surface area contributed by atoms with E-state index in [1.165, 1.54) is 11.1 Å². The lowest BCUT2D eigenvalue weighted by Crippen LogP contribution is -1.85. The minimum atomic E-state index is 0.322. The normalized spacial score (nSPS) is 9.25. The van der Waals surface area contributed by atoms with E-state index >= 15 is 0 Å². The summed E-state index contributed by atoms with van der Waals surface area (Å²) < 4.78 is 0. The first kappa shape index (κ1) is 17.2. The molecule has 3 N–H and O–H groups in total. The van der Waals surface area contributed by atoms with Crippen molar-refractivity contribution in [2.24, 2.45) is 0 Å². The Labute approximate surface area is 143 Å². The van der Waals surface area contributed by atoms with Gasteiger partial charge in [-0.15, -0.1) is 0 Å². The molecule has 2 nitrogen and oxygen atoms in total. The number of phenolic OH excluding ortho intramolecular Hbond substituents is 1. The van der Waals surface area contributed by atoms with Gasteiger partial charge in [0.2, 0.25) is 0 Å². The number of phenols is 1. The summed E-state index contributed by atoms with van der Waals surface area (Å²) in [4.78, 5) is 0. The van der Waals surface area contributed by atoms with Crippen LogP contribution in [0.1, 0.15) is 22.3 Å². The van der Waals surface area contributed by atoms with Gasteiger partial charge in [-0.3, -0.25) is 0 Å². The van der Waals surface area contributed by atoms with E-state index in [1.807, 2.05) is 30.3 Å². The lowest BCUT2D eigenvalue weighted by Gasteiger charge is -1.97. The quantitative estimate of drug-likeness (QED) is 0.467. The maximum atomic E-state index is 8.63. The monoisotopic (exact) mass is 315 g/mol. The lowest BCUT2D eigenvalue weighted by molar-refractivity contribution is 0.475. The third-order valence-corrected chi connectivity index (χ3v) is 3.22. The van der Waals surface area contributed by atoms with Gasteiger partial charge in [0.25, 0.3) is 0 Å². The van der Waals surface area contributed by atoms with Gasteiger partial charge < -0.3 is 10.8 Å². The summed E-state index contributed by atoms with van der Waals surface area (Å²) in [6.07, 6.45) is 0. The van der Waals surface area contributed by atoms with Crippen molar-refractivity contribution in [3.05, 3.63) is 95.1 Å². The van der Waals surface area contributed by atoms with Crippen LogP contribution in [0.25, 0.3) is 0 Å². The van der Waals surface area contributed by atoms with Crippen LogP contribution in [0.2, 0.25) is 0 Å². The zero-order valence-corrected chi connectivity index (χ0v) is 14.0. The molecule has 3 rings (SSSR count). The van der Waals surface area contributed by atoms with Crippen molar-refractivity contribution in [1.82, 2.24) is 0 Å². The predicted octanol–water partition coefficient (Wildman–Crippen LogP) is 4.68. The summed E-state index contributed by atoms with van der Waals surface area (Å²) >= 11 is 0. The van der Waals surface area contributed by atoms with Crippen LogP contribution in [-0.4, -0.2) is 5.11 Å². The average Bonchev–Trinajstić information content (AvgIpc) is 2.54. The first-order valence-electron chi connectivity index (χ1n) is 7.73. The number of nitrogen functional groups attached to an aromatic ring is 1. The van der Waals surface area contributed by atoms with E-state index in [0.29, 0.717) is 5.75 Å². The molecule has 0 spiro atoms. The third-order valence-electron chi connectivity index (χ3n) is 3.22. The van der Waals surface area contributed by atoms with Gasteiger partial charge in [-0.2, -0.15) is 0 Å². The highest BCUT2D eigenvalue weighted by molar-refractivity contribution is 5.50. The highest BCUT2D eigenvalue weighted by Gasteiger charge is 1.92. The number of hydrogen-bond acceptors (Lipinski definition) is 2. The van der Waals surface area contributed by atoms with Crippen molar-refractivity contribution in [3.8, 4) is 17.6 Å². The highest BCUT2D eigenvalue weighted by atomic mass is 16.3. The van der Waals surface area contributed by atoms with E-state index in [1.54, 1.807) is 24.3 Å². The van der Waals surface area contributed by atoms with Gasteiger partial charge in [-0.05, 0) is 67.4 Å². The minimum Gasteiger partial charge on any atom is -0.508 e. The van der Waals surface area contributed by atoms with Gasteiger partial charge in [0.1, 0.15) is 5.75 Å². The third kappa shape index (κ3) is 5.90. The summed E-state index contributed by atoms with van der Waals surface area (Å²) in [5.74, 6) is 6.61. The zero-order valence-electron chi connectivity index (χ0n) is 14.0. The molecule has 0 saturated carbocycles. The van der Waals surface area contributed by atoms with E-state index in [4.69, 9.17) is 10.8 Å². The number of hydrogen-bond donors (Lipinski definition) is 2. The molecule has 0 aromatic heterocycles. The van der Waals surface area contributed by atoms with Crippen LogP contribution in [0.4, 0.5) is 5.69 Å². The van der Waals surface area contributed by atoms with Crippen LogP contribution >= 0.6 is 0 Å². The molecule has 0 aliphatic carbocycles. The molecule has 0 amide bonds. The van der Waals surface area contributed by atoms with Crippen LogP contribution in [-0.2, 0) is 0 Å². The van der Waals surface area contributed by atoms with Crippen LogP contribution in [0.3, 0.4) is 0 Å². The van der Waals surface area contributed by atoms with Gasteiger partial charge in [0.15, 0.2) is 0 Å². The molecule has 0 heterocycles. The standard InChI is InChI=1S/C16H15N.C6H6O/c1-12-8-13(2)10-15(9-12)7-6-14-4-3-5-16(17)11-14;7-6-4-2-1-3-5-6/h3-5,8-11H,17H2,1-2H3;1-5,7H. The van der Waals surface area contributed by atoms with Crippen molar-refractivity contribution in [3.63, 3.8) is 0 Å². The highest BCUT2D eigenvalue weighted by Crippen LogP contribution is 2.09. The molecular formula is C22H21NO. The molecule has 0 aliphatic heterocycles. The first-order valence-corrected chi connectivity index (χ1v) is 7.73. The molecule has 120 valence electrons. The molecule has 0 radical (unpaired) electrons.